The van der Waals surface area contributed by atoms with Gasteiger partial charge in [-0.1, -0.05) is 35.9 Å². The highest BCUT2D eigenvalue weighted by atomic mass is 35.5. The number of hydrogen-bond acceptors (Lipinski definition) is 6. The number of halogens is 1. The van der Waals surface area contributed by atoms with E-state index in [1.807, 2.05) is 62.8 Å². The second-order valence-corrected chi connectivity index (χ2v) is 10.7. The summed E-state index contributed by atoms with van der Waals surface area (Å²) in [4.78, 5) is 29.6. The molecule has 2 aromatic carbocycles. The number of nitrogens with zero attached hydrogens (tertiary/aromatic N) is 2. The van der Waals surface area contributed by atoms with Crippen molar-refractivity contribution in [3.8, 4) is 17.0 Å². The van der Waals surface area contributed by atoms with Crippen molar-refractivity contribution in [2.24, 2.45) is 7.05 Å². The largest absolute Gasteiger partial charge is 0.489 e. The third-order valence-corrected chi connectivity index (χ3v) is 6.37. The fraction of sp³-hybridized carbons (Fsp3) is 0.433. The molecular weight excluding hydrogens is 532 g/mol. The fourth-order valence-electron chi connectivity index (χ4n) is 4.25. The highest BCUT2D eigenvalue weighted by Crippen LogP contribution is 2.27. The van der Waals surface area contributed by atoms with E-state index in [-0.39, 0.29) is 36.8 Å². The van der Waals surface area contributed by atoms with Crippen molar-refractivity contribution < 1.29 is 24.2 Å². The van der Waals surface area contributed by atoms with Crippen molar-refractivity contribution in [3.63, 3.8) is 0 Å². The van der Waals surface area contributed by atoms with Crippen molar-refractivity contribution in [1.29, 1.82) is 0 Å². The lowest BCUT2D eigenvalue weighted by Gasteiger charge is -2.19. The second-order valence-electron chi connectivity index (χ2n) is 10.3. The van der Waals surface area contributed by atoms with Gasteiger partial charge in [-0.15, -0.1) is 0 Å². The molecule has 3 N–H and O–H groups in total. The molecule has 0 radical (unpaired) electrons. The Bertz CT molecular complexity index is 1290. The summed E-state index contributed by atoms with van der Waals surface area (Å²) in [6.07, 6.45) is 2.14. The van der Waals surface area contributed by atoms with E-state index in [1.165, 1.54) is 0 Å². The zero-order valence-electron chi connectivity index (χ0n) is 23.9. The van der Waals surface area contributed by atoms with Crippen LogP contribution in [0, 0.1) is 0 Å². The lowest BCUT2D eigenvalue weighted by molar-refractivity contribution is 0.0929. The Balaban J connectivity index is 1.66. The van der Waals surface area contributed by atoms with Gasteiger partial charge in [-0.25, -0.2) is 9.78 Å². The molecule has 10 heteroatoms. The zero-order chi connectivity index (χ0) is 29.4. The van der Waals surface area contributed by atoms with Crippen LogP contribution < -0.4 is 15.4 Å². The smallest absolute Gasteiger partial charge is 0.407 e. The number of benzene rings is 2. The van der Waals surface area contributed by atoms with Crippen molar-refractivity contribution in [2.45, 2.75) is 71.8 Å². The molecule has 0 saturated carbocycles. The van der Waals surface area contributed by atoms with E-state index < -0.39 is 6.09 Å². The topological polar surface area (TPSA) is 115 Å². The van der Waals surface area contributed by atoms with Crippen LogP contribution in [0.2, 0.25) is 5.02 Å². The first-order valence-electron chi connectivity index (χ1n) is 13.4. The molecule has 2 amide bonds. The van der Waals surface area contributed by atoms with Crippen LogP contribution in [0.1, 0.15) is 68.8 Å². The average Bonchev–Trinajstić information content (AvgIpc) is 3.26. The maximum Gasteiger partial charge on any atom is 0.407 e. The maximum absolute atomic E-state index is 12.9. The van der Waals surface area contributed by atoms with Gasteiger partial charge in [-0.05, 0) is 71.2 Å². The molecule has 216 valence electrons. The minimum atomic E-state index is -0.485. The lowest BCUT2D eigenvalue weighted by atomic mass is 10.0. The molecule has 0 bridgehead atoms. The standard InChI is InChI=1S/C30H39ClN4O5/c1-18(2)39-27-12-11-23(16-25(27)31)29(37)33-24(13-14-36)15-21-7-9-22(10-8-21)26-17-35(6)28(34-26)20(5)32-30(38)40-19(3)4/h7-12,16-20,24,36H,13-15H2,1-6H3,(H,32,38)(H,33,37)/t20-,24-/m1/s1. The van der Waals surface area contributed by atoms with E-state index in [4.69, 9.17) is 26.1 Å². The predicted octanol–water partition coefficient (Wildman–Crippen LogP) is 5.45. The quantitative estimate of drug-likeness (QED) is 0.267. The molecule has 0 fully saturated rings. The Morgan fingerprint density at radius 1 is 1.02 bits per heavy atom. The van der Waals surface area contributed by atoms with Crippen molar-refractivity contribution in [1.82, 2.24) is 20.2 Å². The second kappa shape index (κ2) is 14.2. The van der Waals surface area contributed by atoms with Crippen molar-refractivity contribution >= 4 is 23.6 Å². The maximum atomic E-state index is 12.9. The molecule has 0 unspecified atom stereocenters. The lowest BCUT2D eigenvalue weighted by Crippen LogP contribution is -2.37. The van der Waals surface area contributed by atoms with Gasteiger partial charge in [0.2, 0.25) is 0 Å². The molecule has 1 heterocycles. The molecule has 0 aliphatic heterocycles. The minimum absolute atomic E-state index is 0.0295. The van der Waals surface area contributed by atoms with Crippen LogP contribution in [0.5, 0.6) is 5.75 Å². The molecule has 1 aromatic heterocycles. The van der Waals surface area contributed by atoms with Crippen LogP contribution in [0.4, 0.5) is 4.79 Å². The van der Waals surface area contributed by atoms with Crippen molar-refractivity contribution in [3.05, 3.63) is 70.6 Å². The summed E-state index contributed by atoms with van der Waals surface area (Å²) in [5.74, 6) is 0.961. The number of carbonyl (C=O) groups excluding carboxylic acids is 2. The summed E-state index contributed by atoms with van der Waals surface area (Å²) in [6, 6.07) is 12.3. The summed E-state index contributed by atoms with van der Waals surface area (Å²) in [5, 5.41) is 15.8. The number of aliphatic hydroxyl groups excluding tert-OH is 1. The number of ether oxygens (including phenoxy) is 2. The summed E-state index contributed by atoms with van der Waals surface area (Å²) < 4.78 is 12.7. The highest BCUT2D eigenvalue weighted by Gasteiger charge is 2.19. The predicted molar refractivity (Wildman–Crippen MR) is 156 cm³/mol. The third-order valence-electron chi connectivity index (χ3n) is 6.08. The molecule has 0 saturated heterocycles. The van der Waals surface area contributed by atoms with Crippen LogP contribution in [-0.4, -0.2) is 51.5 Å². The number of carbonyl (C=O) groups is 2. The number of rotatable bonds is 12. The van der Waals surface area contributed by atoms with E-state index in [1.54, 1.807) is 32.0 Å². The van der Waals surface area contributed by atoms with E-state index in [2.05, 4.69) is 10.6 Å². The molecule has 0 aliphatic carbocycles. The molecule has 40 heavy (non-hydrogen) atoms. The van der Waals surface area contributed by atoms with Gasteiger partial charge in [0.05, 0.1) is 29.0 Å². The Morgan fingerprint density at radius 2 is 1.73 bits per heavy atom. The van der Waals surface area contributed by atoms with Crippen LogP contribution in [0.3, 0.4) is 0 Å². The van der Waals surface area contributed by atoms with Gasteiger partial charge >= 0.3 is 6.09 Å². The molecule has 2 atom stereocenters. The Morgan fingerprint density at radius 3 is 2.33 bits per heavy atom. The highest BCUT2D eigenvalue weighted by molar-refractivity contribution is 6.32. The molecule has 0 aliphatic rings. The van der Waals surface area contributed by atoms with Crippen LogP contribution >= 0.6 is 11.6 Å². The summed E-state index contributed by atoms with van der Waals surface area (Å²) in [5.41, 5.74) is 3.12. The first kappa shape index (κ1) is 31.0. The van der Waals surface area contributed by atoms with E-state index in [0.717, 1.165) is 16.8 Å². The number of aromatic nitrogens is 2. The summed E-state index contributed by atoms with van der Waals surface area (Å²) in [6.45, 7) is 9.20. The number of amides is 2. The van der Waals surface area contributed by atoms with Gasteiger partial charge in [0, 0.05) is 37.0 Å². The van der Waals surface area contributed by atoms with E-state index in [0.29, 0.717) is 35.0 Å². The summed E-state index contributed by atoms with van der Waals surface area (Å²) in [7, 11) is 1.88. The number of nitrogens with one attached hydrogen (secondary N) is 2. The molecule has 0 spiro atoms. The first-order chi connectivity index (χ1) is 19.0. The van der Waals surface area contributed by atoms with Gasteiger partial charge in [0.15, 0.2) is 0 Å². The first-order valence-corrected chi connectivity index (χ1v) is 13.8. The normalized spacial score (nSPS) is 12.8. The Labute approximate surface area is 240 Å². The molecule has 3 aromatic rings. The fourth-order valence-corrected chi connectivity index (χ4v) is 4.47. The van der Waals surface area contributed by atoms with Gasteiger partial charge in [0.25, 0.3) is 5.91 Å². The number of alkyl carbamates (subject to hydrolysis) is 1. The monoisotopic (exact) mass is 570 g/mol. The SMILES string of the molecule is CC(C)OC(=O)N[C@H](C)c1nc(-c2ccc(C[C@@H](CCO)NC(=O)c3ccc(OC(C)C)c(Cl)c3)cc2)cn1C. The number of aliphatic hydroxyl groups is 1. The van der Waals surface area contributed by atoms with Gasteiger partial charge in [-0.3, -0.25) is 4.79 Å². The Hall–Kier alpha value is -3.56. The number of imidazole rings is 1. The summed E-state index contributed by atoms with van der Waals surface area (Å²) >= 11 is 6.30. The van der Waals surface area contributed by atoms with E-state index >= 15 is 0 Å². The zero-order valence-corrected chi connectivity index (χ0v) is 24.7. The van der Waals surface area contributed by atoms with Crippen molar-refractivity contribution in [2.75, 3.05) is 6.61 Å². The van der Waals surface area contributed by atoms with Gasteiger partial charge in [0.1, 0.15) is 11.6 Å². The number of aryl methyl sites for hydroxylation is 1. The number of hydrogen-bond donors (Lipinski definition) is 3. The van der Waals surface area contributed by atoms with Gasteiger partial charge in [-0.2, -0.15) is 0 Å². The molecule has 9 nitrogen and oxygen atoms in total. The van der Waals surface area contributed by atoms with Crippen LogP contribution in [0.15, 0.2) is 48.7 Å². The van der Waals surface area contributed by atoms with Crippen LogP contribution in [-0.2, 0) is 18.2 Å². The molecular formula is C30H39ClN4O5. The van der Waals surface area contributed by atoms with Gasteiger partial charge < -0.3 is 29.8 Å². The average molecular weight is 571 g/mol. The molecule has 3 rings (SSSR count). The van der Waals surface area contributed by atoms with Crippen LogP contribution in [0.25, 0.3) is 11.3 Å². The Kier molecular flexibility index (Phi) is 11.0. The van der Waals surface area contributed by atoms with E-state index in [9.17, 15) is 14.7 Å². The third kappa shape index (κ3) is 8.72. The minimum Gasteiger partial charge on any atom is -0.489 e.